The number of fused-ring (bicyclic) bond motifs is 1. The van der Waals surface area contributed by atoms with Crippen LogP contribution in [0.4, 0.5) is 17.2 Å². The zero-order chi connectivity index (χ0) is 25.2. The van der Waals surface area contributed by atoms with Crippen LogP contribution in [0.1, 0.15) is 13.3 Å². The second-order valence-corrected chi connectivity index (χ2v) is 8.39. The molecule has 3 rings (SSSR count). The summed E-state index contributed by atoms with van der Waals surface area (Å²) in [5.41, 5.74) is 1.95. The van der Waals surface area contributed by atoms with E-state index in [2.05, 4.69) is 48.4 Å². The Morgan fingerprint density at radius 3 is 2.77 bits per heavy atom. The Balaban J connectivity index is 1.73. The molecule has 10 heteroatoms. The lowest BCUT2D eigenvalue weighted by Gasteiger charge is -2.13. The maximum absolute atomic E-state index is 12.5. The molecule has 3 aromatic rings. The molecule has 0 spiro atoms. The zero-order valence-corrected chi connectivity index (χ0v) is 21.3. The van der Waals surface area contributed by atoms with Gasteiger partial charge in [0.15, 0.2) is 0 Å². The van der Waals surface area contributed by atoms with Gasteiger partial charge in [0.2, 0.25) is 0 Å². The summed E-state index contributed by atoms with van der Waals surface area (Å²) in [5, 5.41) is 6.76. The molecule has 0 atom stereocenters. The lowest BCUT2D eigenvalue weighted by molar-refractivity contribution is -0.143. The zero-order valence-electron chi connectivity index (χ0n) is 19.7. The van der Waals surface area contributed by atoms with E-state index in [1.54, 1.807) is 19.1 Å². The summed E-state index contributed by atoms with van der Waals surface area (Å²) in [6, 6.07) is 11.2. The minimum atomic E-state index is -0.486. The van der Waals surface area contributed by atoms with Crippen LogP contribution < -0.4 is 15.4 Å². The van der Waals surface area contributed by atoms with Gasteiger partial charge in [-0.25, -0.2) is 9.97 Å². The Labute approximate surface area is 212 Å². The van der Waals surface area contributed by atoms with Gasteiger partial charge in [-0.3, -0.25) is 14.5 Å². The summed E-state index contributed by atoms with van der Waals surface area (Å²) in [4.78, 5) is 34.4. The first-order valence-electron chi connectivity index (χ1n) is 10.9. The highest BCUT2D eigenvalue weighted by molar-refractivity contribution is 9.10. The molecule has 0 aliphatic carbocycles. The maximum atomic E-state index is 12.5. The van der Waals surface area contributed by atoms with Crippen molar-refractivity contribution in [1.82, 2.24) is 14.9 Å². The molecule has 1 heterocycles. The molecular formula is C25H26BrN5O4. The van der Waals surface area contributed by atoms with Crippen molar-refractivity contribution in [2.45, 2.75) is 13.3 Å². The van der Waals surface area contributed by atoms with Crippen LogP contribution in [0.25, 0.3) is 10.9 Å². The topological polar surface area (TPSA) is 106 Å². The highest BCUT2D eigenvalue weighted by Crippen LogP contribution is 2.33. The molecule has 2 aromatic carbocycles. The molecule has 1 aromatic heterocycles. The average molecular weight is 540 g/mol. The van der Waals surface area contributed by atoms with Gasteiger partial charge in [0.25, 0.3) is 5.91 Å². The van der Waals surface area contributed by atoms with E-state index in [0.29, 0.717) is 47.9 Å². The van der Waals surface area contributed by atoms with Crippen LogP contribution in [-0.4, -0.2) is 60.6 Å². The molecule has 2 N–H and O–H groups in total. The minimum absolute atomic E-state index is 0.258. The highest BCUT2D eigenvalue weighted by atomic mass is 79.9. The second-order valence-electron chi connectivity index (χ2n) is 7.48. The third kappa shape index (κ3) is 7.67. The first-order chi connectivity index (χ1) is 16.9. The van der Waals surface area contributed by atoms with Crippen LogP contribution in [-0.2, 0) is 14.3 Å². The highest BCUT2D eigenvalue weighted by Gasteiger charge is 2.13. The summed E-state index contributed by atoms with van der Waals surface area (Å²) in [7, 11) is 3.33. The van der Waals surface area contributed by atoms with E-state index >= 15 is 0 Å². The SMILES string of the molecule is CCOC(=O)CCN(C)CC#CC(=O)Nc1cc2c(Nc3cccc(Br)c3)ncnc2cc1OC. The number of nitrogens with zero attached hydrogens (tertiary/aromatic N) is 3. The average Bonchev–Trinajstić information content (AvgIpc) is 2.83. The molecule has 0 unspecified atom stereocenters. The molecule has 0 saturated heterocycles. The van der Waals surface area contributed by atoms with Crippen LogP contribution in [0, 0.1) is 11.8 Å². The number of carbonyl (C=O) groups excluding carboxylic acids is 2. The molecule has 0 radical (unpaired) electrons. The first kappa shape index (κ1) is 25.9. The van der Waals surface area contributed by atoms with E-state index in [1.807, 2.05) is 36.2 Å². The fourth-order valence-electron chi connectivity index (χ4n) is 3.16. The summed E-state index contributed by atoms with van der Waals surface area (Å²) in [5.74, 6) is 5.67. The van der Waals surface area contributed by atoms with Gasteiger partial charge in [-0.15, -0.1) is 0 Å². The van der Waals surface area contributed by atoms with Crippen LogP contribution in [0.5, 0.6) is 5.75 Å². The van der Waals surface area contributed by atoms with Crippen molar-refractivity contribution >= 4 is 55.9 Å². The standard InChI is InChI=1S/C25H26BrN5O4/c1-4-35-24(33)10-12-31(2)11-6-9-23(32)30-21-14-19-20(15-22(21)34-3)27-16-28-25(19)29-18-8-5-7-17(26)13-18/h5,7-8,13-16H,4,10-12H2,1-3H3,(H,30,32)(H,27,28,29). The summed E-state index contributed by atoms with van der Waals surface area (Å²) in [6.45, 7) is 2.94. The summed E-state index contributed by atoms with van der Waals surface area (Å²) < 4.78 is 11.3. The molecule has 35 heavy (non-hydrogen) atoms. The quantitative estimate of drug-likeness (QED) is 0.310. The van der Waals surface area contributed by atoms with Crippen molar-refractivity contribution in [3.63, 3.8) is 0 Å². The van der Waals surface area contributed by atoms with Crippen LogP contribution >= 0.6 is 15.9 Å². The van der Waals surface area contributed by atoms with Crippen molar-refractivity contribution in [3.05, 3.63) is 47.2 Å². The second kappa shape index (κ2) is 12.7. The third-order valence-electron chi connectivity index (χ3n) is 4.85. The largest absolute Gasteiger partial charge is 0.494 e. The number of ether oxygens (including phenoxy) is 2. The molecule has 1 amide bonds. The number of esters is 1. The van der Waals surface area contributed by atoms with E-state index in [0.717, 1.165) is 10.2 Å². The number of rotatable bonds is 9. The summed E-state index contributed by atoms with van der Waals surface area (Å²) >= 11 is 3.46. The number of methoxy groups -OCH3 is 1. The lowest BCUT2D eigenvalue weighted by atomic mass is 10.2. The fourth-order valence-corrected chi connectivity index (χ4v) is 3.55. The van der Waals surface area contributed by atoms with Gasteiger partial charge in [0.05, 0.1) is 37.9 Å². The van der Waals surface area contributed by atoms with Crippen molar-refractivity contribution < 1.29 is 19.1 Å². The van der Waals surface area contributed by atoms with Gasteiger partial charge in [0, 0.05) is 28.2 Å². The minimum Gasteiger partial charge on any atom is -0.494 e. The predicted octanol–water partition coefficient (Wildman–Crippen LogP) is 3.97. The van der Waals surface area contributed by atoms with E-state index < -0.39 is 5.91 Å². The predicted molar refractivity (Wildman–Crippen MR) is 139 cm³/mol. The molecular weight excluding hydrogens is 514 g/mol. The maximum Gasteiger partial charge on any atom is 0.307 e. The monoisotopic (exact) mass is 539 g/mol. The molecule has 0 saturated carbocycles. The van der Waals surface area contributed by atoms with Gasteiger partial charge >= 0.3 is 5.97 Å². The molecule has 182 valence electrons. The lowest BCUT2D eigenvalue weighted by Crippen LogP contribution is -2.23. The molecule has 0 aliphatic rings. The number of hydrogen-bond acceptors (Lipinski definition) is 8. The smallest absolute Gasteiger partial charge is 0.307 e. The van der Waals surface area contributed by atoms with E-state index in [9.17, 15) is 9.59 Å². The van der Waals surface area contributed by atoms with Crippen molar-refractivity contribution in [2.75, 3.05) is 44.5 Å². The number of aromatic nitrogens is 2. The van der Waals surface area contributed by atoms with Gasteiger partial charge in [-0.05, 0) is 44.2 Å². The number of anilines is 3. The Hall–Kier alpha value is -3.68. The fraction of sp³-hybridized carbons (Fsp3) is 0.280. The van der Waals surface area contributed by atoms with Gasteiger partial charge in [-0.1, -0.05) is 27.9 Å². The van der Waals surface area contributed by atoms with E-state index in [-0.39, 0.29) is 12.4 Å². The Kier molecular flexibility index (Phi) is 9.40. The van der Waals surface area contributed by atoms with Crippen LogP contribution in [0.2, 0.25) is 0 Å². The van der Waals surface area contributed by atoms with Crippen LogP contribution in [0.15, 0.2) is 47.2 Å². The van der Waals surface area contributed by atoms with E-state index in [4.69, 9.17) is 9.47 Å². The number of carbonyl (C=O) groups is 2. The van der Waals surface area contributed by atoms with Gasteiger partial charge < -0.3 is 20.1 Å². The van der Waals surface area contributed by atoms with Crippen molar-refractivity contribution in [1.29, 1.82) is 0 Å². The number of halogens is 1. The van der Waals surface area contributed by atoms with Gasteiger partial charge in [0.1, 0.15) is 17.9 Å². The Bertz CT molecular complexity index is 1270. The number of hydrogen-bond donors (Lipinski definition) is 2. The Morgan fingerprint density at radius 1 is 1.20 bits per heavy atom. The molecule has 0 aliphatic heterocycles. The third-order valence-corrected chi connectivity index (χ3v) is 5.34. The normalized spacial score (nSPS) is 10.4. The van der Waals surface area contributed by atoms with Crippen molar-refractivity contribution in [3.8, 4) is 17.6 Å². The molecule has 0 fully saturated rings. The molecule has 9 nitrogen and oxygen atoms in total. The Morgan fingerprint density at radius 2 is 2.03 bits per heavy atom. The van der Waals surface area contributed by atoms with E-state index in [1.165, 1.54) is 13.4 Å². The molecule has 0 bridgehead atoms. The first-order valence-corrected chi connectivity index (χ1v) is 11.7. The number of nitrogens with one attached hydrogen (secondary N) is 2. The van der Waals surface area contributed by atoms with Crippen LogP contribution in [0.3, 0.4) is 0 Å². The summed E-state index contributed by atoms with van der Waals surface area (Å²) in [6.07, 6.45) is 1.73. The van der Waals surface area contributed by atoms with Crippen molar-refractivity contribution in [2.24, 2.45) is 0 Å². The number of benzene rings is 2. The van der Waals surface area contributed by atoms with Gasteiger partial charge in [-0.2, -0.15) is 0 Å². The number of amides is 1.